The molecule has 2 heteroatoms. The van der Waals surface area contributed by atoms with Crippen molar-refractivity contribution in [2.45, 2.75) is 46.1 Å². The van der Waals surface area contributed by atoms with E-state index in [1.54, 1.807) is 0 Å². The second-order valence-corrected chi connectivity index (χ2v) is 4.94. The molecule has 1 atom stereocenters. The van der Waals surface area contributed by atoms with Gasteiger partial charge in [-0.2, -0.15) is 0 Å². The Balaban J connectivity index is 2.06. The summed E-state index contributed by atoms with van der Waals surface area (Å²) in [6.07, 6.45) is 3.95. The molecule has 2 N–H and O–H groups in total. The summed E-state index contributed by atoms with van der Waals surface area (Å²) in [7, 11) is 0. The zero-order chi connectivity index (χ0) is 9.73. The van der Waals surface area contributed by atoms with Crippen LogP contribution in [0, 0.1) is 5.41 Å². The van der Waals surface area contributed by atoms with Crippen LogP contribution < -0.4 is 10.6 Å². The monoisotopic (exact) mass is 184 g/mol. The van der Waals surface area contributed by atoms with Gasteiger partial charge in [-0.3, -0.25) is 0 Å². The molecule has 1 rings (SSSR count). The lowest BCUT2D eigenvalue weighted by Crippen LogP contribution is -2.38. The highest BCUT2D eigenvalue weighted by atomic mass is 15.0. The van der Waals surface area contributed by atoms with Crippen LogP contribution in [0.4, 0.5) is 0 Å². The minimum absolute atomic E-state index is 0.457. The minimum Gasteiger partial charge on any atom is -0.315 e. The van der Waals surface area contributed by atoms with Gasteiger partial charge in [0.2, 0.25) is 0 Å². The number of hydrogen-bond acceptors (Lipinski definition) is 2. The molecule has 0 amide bonds. The van der Waals surface area contributed by atoms with Crippen molar-refractivity contribution in [3.8, 4) is 0 Å². The Labute approximate surface area is 82.5 Å². The molecule has 1 unspecified atom stereocenters. The molecule has 0 aromatic rings. The van der Waals surface area contributed by atoms with Gasteiger partial charge in [0.15, 0.2) is 0 Å². The van der Waals surface area contributed by atoms with E-state index in [9.17, 15) is 0 Å². The Hall–Kier alpha value is -0.0800. The van der Waals surface area contributed by atoms with Gasteiger partial charge < -0.3 is 10.6 Å². The van der Waals surface area contributed by atoms with E-state index < -0.39 is 0 Å². The topological polar surface area (TPSA) is 24.1 Å². The van der Waals surface area contributed by atoms with E-state index in [1.807, 2.05) is 0 Å². The van der Waals surface area contributed by atoms with Crippen molar-refractivity contribution >= 4 is 0 Å². The third-order valence-corrected chi connectivity index (χ3v) is 3.11. The van der Waals surface area contributed by atoms with Crippen molar-refractivity contribution < 1.29 is 0 Å². The van der Waals surface area contributed by atoms with Crippen LogP contribution in [0.3, 0.4) is 0 Å². The van der Waals surface area contributed by atoms with E-state index in [0.717, 1.165) is 19.1 Å². The average molecular weight is 184 g/mol. The van der Waals surface area contributed by atoms with Gasteiger partial charge in [-0.1, -0.05) is 20.8 Å². The molecule has 0 bridgehead atoms. The van der Waals surface area contributed by atoms with Crippen molar-refractivity contribution in [2.75, 3.05) is 19.6 Å². The standard InChI is InChI=1S/C11H24N2/c1-4-11(2,3)9-12-8-10-6-5-7-13-10/h10,12-13H,4-9H2,1-3H3. The van der Waals surface area contributed by atoms with Crippen LogP contribution in [0.15, 0.2) is 0 Å². The van der Waals surface area contributed by atoms with Gasteiger partial charge in [-0.05, 0) is 31.2 Å². The van der Waals surface area contributed by atoms with Gasteiger partial charge in [-0.25, -0.2) is 0 Å². The SMILES string of the molecule is CCC(C)(C)CNCC1CCCN1. The Morgan fingerprint density at radius 1 is 1.46 bits per heavy atom. The van der Waals surface area contributed by atoms with E-state index in [0.29, 0.717) is 5.41 Å². The molecule has 1 saturated heterocycles. The lowest BCUT2D eigenvalue weighted by atomic mass is 9.90. The first kappa shape index (κ1) is 11.0. The minimum atomic E-state index is 0.457. The number of rotatable bonds is 5. The number of nitrogens with one attached hydrogen (secondary N) is 2. The maximum absolute atomic E-state index is 3.56. The van der Waals surface area contributed by atoms with Crippen molar-refractivity contribution in [3.63, 3.8) is 0 Å². The summed E-state index contributed by atoms with van der Waals surface area (Å²) in [5.74, 6) is 0. The highest BCUT2D eigenvalue weighted by molar-refractivity contribution is 4.78. The van der Waals surface area contributed by atoms with Crippen LogP contribution in [0.1, 0.15) is 40.0 Å². The Morgan fingerprint density at radius 2 is 2.23 bits per heavy atom. The molecule has 1 heterocycles. The summed E-state index contributed by atoms with van der Waals surface area (Å²) >= 11 is 0. The van der Waals surface area contributed by atoms with Crippen LogP contribution in [0.25, 0.3) is 0 Å². The predicted molar refractivity (Wildman–Crippen MR) is 58.0 cm³/mol. The summed E-state index contributed by atoms with van der Waals surface area (Å²) in [6.45, 7) is 10.4. The maximum atomic E-state index is 3.56. The van der Waals surface area contributed by atoms with Crippen LogP contribution in [-0.2, 0) is 0 Å². The van der Waals surface area contributed by atoms with Gasteiger partial charge >= 0.3 is 0 Å². The van der Waals surface area contributed by atoms with Crippen LogP contribution in [0.2, 0.25) is 0 Å². The lowest BCUT2D eigenvalue weighted by molar-refractivity contribution is 0.322. The van der Waals surface area contributed by atoms with Gasteiger partial charge in [0, 0.05) is 19.1 Å². The molecule has 0 saturated carbocycles. The molecule has 1 fully saturated rings. The Morgan fingerprint density at radius 3 is 2.77 bits per heavy atom. The molecular weight excluding hydrogens is 160 g/mol. The third kappa shape index (κ3) is 4.10. The van der Waals surface area contributed by atoms with E-state index in [-0.39, 0.29) is 0 Å². The zero-order valence-electron chi connectivity index (χ0n) is 9.32. The number of hydrogen-bond donors (Lipinski definition) is 2. The molecule has 2 nitrogen and oxygen atoms in total. The van der Waals surface area contributed by atoms with E-state index in [4.69, 9.17) is 0 Å². The van der Waals surface area contributed by atoms with Crippen molar-refractivity contribution in [2.24, 2.45) is 5.41 Å². The third-order valence-electron chi connectivity index (χ3n) is 3.11. The first-order chi connectivity index (χ1) is 6.14. The van der Waals surface area contributed by atoms with Crippen molar-refractivity contribution in [1.82, 2.24) is 10.6 Å². The molecule has 78 valence electrons. The average Bonchev–Trinajstić information content (AvgIpc) is 2.57. The molecular formula is C11H24N2. The normalized spacial score (nSPS) is 23.8. The van der Waals surface area contributed by atoms with Gasteiger partial charge in [-0.15, -0.1) is 0 Å². The first-order valence-electron chi connectivity index (χ1n) is 5.58. The highest BCUT2D eigenvalue weighted by Gasteiger charge is 2.17. The van der Waals surface area contributed by atoms with E-state index in [2.05, 4.69) is 31.4 Å². The zero-order valence-corrected chi connectivity index (χ0v) is 9.32. The summed E-state index contributed by atoms with van der Waals surface area (Å²) in [6, 6.07) is 0.729. The lowest BCUT2D eigenvalue weighted by Gasteiger charge is -2.24. The molecule has 0 aliphatic carbocycles. The van der Waals surface area contributed by atoms with Gasteiger partial charge in [0.25, 0.3) is 0 Å². The fraction of sp³-hybridized carbons (Fsp3) is 1.00. The molecule has 1 aliphatic rings. The predicted octanol–water partition coefficient (Wildman–Crippen LogP) is 1.76. The molecule has 1 aliphatic heterocycles. The molecule has 0 radical (unpaired) electrons. The summed E-state index contributed by atoms with van der Waals surface area (Å²) in [5, 5.41) is 7.05. The summed E-state index contributed by atoms with van der Waals surface area (Å²) < 4.78 is 0. The smallest absolute Gasteiger partial charge is 0.0192 e. The highest BCUT2D eigenvalue weighted by Crippen LogP contribution is 2.17. The van der Waals surface area contributed by atoms with Crippen LogP contribution >= 0.6 is 0 Å². The Kier molecular flexibility index (Phi) is 4.20. The van der Waals surface area contributed by atoms with E-state index in [1.165, 1.54) is 25.8 Å². The molecule has 0 aromatic heterocycles. The second kappa shape index (κ2) is 4.97. The van der Waals surface area contributed by atoms with Crippen LogP contribution in [0.5, 0.6) is 0 Å². The first-order valence-corrected chi connectivity index (χ1v) is 5.58. The second-order valence-electron chi connectivity index (χ2n) is 4.94. The molecule has 0 spiro atoms. The van der Waals surface area contributed by atoms with Crippen molar-refractivity contribution in [1.29, 1.82) is 0 Å². The van der Waals surface area contributed by atoms with Gasteiger partial charge in [0.1, 0.15) is 0 Å². The van der Waals surface area contributed by atoms with Gasteiger partial charge in [0.05, 0.1) is 0 Å². The summed E-state index contributed by atoms with van der Waals surface area (Å²) in [4.78, 5) is 0. The largest absolute Gasteiger partial charge is 0.315 e. The quantitative estimate of drug-likeness (QED) is 0.680. The molecule has 0 aromatic carbocycles. The Bertz CT molecular complexity index is 137. The van der Waals surface area contributed by atoms with Crippen molar-refractivity contribution in [3.05, 3.63) is 0 Å². The summed E-state index contributed by atoms with van der Waals surface area (Å²) in [5.41, 5.74) is 0.457. The maximum Gasteiger partial charge on any atom is 0.0192 e. The fourth-order valence-corrected chi connectivity index (χ4v) is 1.64. The van der Waals surface area contributed by atoms with E-state index >= 15 is 0 Å². The molecule has 13 heavy (non-hydrogen) atoms. The van der Waals surface area contributed by atoms with Crippen LogP contribution in [-0.4, -0.2) is 25.7 Å². The fourth-order valence-electron chi connectivity index (χ4n) is 1.64.